The van der Waals surface area contributed by atoms with Crippen LogP contribution in [0.4, 0.5) is 0 Å². The van der Waals surface area contributed by atoms with E-state index in [1.807, 2.05) is 36.4 Å². The molecule has 2 aromatic rings. The Morgan fingerprint density at radius 1 is 1.15 bits per heavy atom. The van der Waals surface area contributed by atoms with Gasteiger partial charge < -0.3 is 19.9 Å². The van der Waals surface area contributed by atoms with Crippen LogP contribution in [0.1, 0.15) is 30.1 Å². The molecule has 0 saturated heterocycles. The van der Waals surface area contributed by atoms with Gasteiger partial charge in [0.25, 0.3) is 0 Å². The van der Waals surface area contributed by atoms with Crippen LogP contribution in [0.5, 0.6) is 5.75 Å². The van der Waals surface area contributed by atoms with Crippen molar-refractivity contribution in [1.82, 2.24) is 5.32 Å². The van der Waals surface area contributed by atoms with Crippen molar-refractivity contribution >= 4 is 17.6 Å². The maximum atomic E-state index is 11.1. The van der Waals surface area contributed by atoms with Gasteiger partial charge in [-0.1, -0.05) is 42.8 Å². The normalized spacial score (nSPS) is 13.1. The molecule has 2 atom stereocenters. The van der Waals surface area contributed by atoms with E-state index in [2.05, 4.69) is 17.0 Å². The van der Waals surface area contributed by atoms with Crippen LogP contribution in [0.3, 0.4) is 0 Å². The van der Waals surface area contributed by atoms with Crippen molar-refractivity contribution in [2.24, 2.45) is 0 Å². The number of esters is 1. The Bertz CT molecular complexity index is 705. The molecule has 2 aromatic carbocycles. The lowest BCUT2D eigenvalue weighted by molar-refractivity contribution is -0.142. The third-order valence-corrected chi connectivity index (χ3v) is 4.29. The highest BCUT2D eigenvalue weighted by atomic mass is 35.5. The minimum absolute atomic E-state index is 0.103. The summed E-state index contributed by atoms with van der Waals surface area (Å²) in [6.07, 6.45) is -0.602. The lowest BCUT2D eigenvalue weighted by Gasteiger charge is -2.16. The SMILES string of the molecule is COC(=O)COc1ccc(C(C)CNCC(O)c2cccc(Cl)c2)cc1. The Kier molecular flexibility index (Phi) is 7.91. The van der Waals surface area contributed by atoms with Crippen LogP contribution >= 0.6 is 11.6 Å². The summed E-state index contributed by atoms with van der Waals surface area (Å²) in [5.41, 5.74) is 1.94. The van der Waals surface area contributed by atoms with E-state index >= 15 is 0 Å². The summed E-state index contributed by atoms with van der Waals surface area (Å²) in [4.78, 5) is 11.1. The van der Waals surface area contributed by atoms with E-state index in [4.69, 9.17) is 16.3 Å². The number of nitrogens with one attached hydrogen (secondary N) is 1. The highest BCUT2D eigenvalue weighted by Crippen LogP contribution is 2.20. The Balaban J connectivity index is 1.78. The average Bonchev–Trinajstić information content (AvgIpc) is 2.66. The highest BCUT2D eigenvalue weighted by Gasteiger charge is 2.10. The zero-order chi connectivity index (χ0) is 18.9. The van der Waals surface area contributed by atoms with Gasteiger partial charge in [-0.05, 0) is 41.3 Å². The van der Waals surface area contributed by atoms with Gasteiger partial charge in [0, 0.05) is 18.1 Å². The first-order valence-electron chi connectivity index (χ1n) is 8.43. The number of rotatable bonds is 9. The summed E-state index contributed by atoms with van der Waals surface area (Å²) in [6.45, 7) is 3.17. The lowest BCUT2D eigenvalue weighted by Crippen LogP contribution is -2.25. The van der Waals surface area contributed by atoms with E-state index < -0.39 is 12.1 Å². The fourth-order valence-corrected chi connectivity index (χ4v) is 2.68. The summed E-state index contributed by atoms with van der Waals surface area (Å²) < 4.78 is 9.87. The van der Waals surface area contributed by atoms with E-state index in [0.717, 1.165) is 17.7 Å². The molecule has 0 aliphatic carbocycles. The largest absolute Gasteiger partial charge is 0.482 e. The number of benzene rings is 2. The number of aliphatic hydroxyl groups is 1. The molecule has 0 aliphatic rings. The van der Waals surface area contributed by atoms with Gasteiger partial charge in [0.1, 0.15) is 5.75 Å². The first kappa shape index (κ1) is 20.2. The molecular weight excluding hydrogens is 354 g/mol. The first-order valence-corrected chi connectivity index (χ1v) is 8.81. The maximum Gasteiger partial charge on any atom is 0.343 e. The van der Waals surface area contributed by atoms with E-state index in [9.17, 15) is 9.90 Å². The first-order chi connectivity index (χ1) is 12.5. The topological polar surface area (TPSA) is 67.8 Å². The Morgan fingerprint density at radius 3 is 2.54 bits per heavy atom. The standard InChI is InChI=1S/C20H24ClNO4/c1-14(11-22-12-19(23)16-4-3-5-17(21)10-16)15-6-8-18(9-7-15)26-13-20(24)25-2/h3-10,14,19,22-23H,11-13H2,1-2H3. The fourth-order valence-electron chi connectivity index (χ4n) is 2.48. The van der Waals surface area contributed by atoms with Crippen LogP contribution in [0.25, 0.3) is 0 Å². The van der Waals surface area contributed by atoms with Crippen molar-refractivity contribution in [3.63, 3.8) is 0 Å². The second-order valence-electron chi connectivity index (χ2n) is 6.06. The minimum atomic E-state index is -0.602. The van der Waals surface area contributed by atoms with E-state index in [-0.39, 0.29) is 12.5 Å². The molecule has 2 unspecified atom stereocenters. The number of halogens is 1. The molecule has 0 spiro atoms. The summed E-state index contributed by atoms with van der Waals surface area (Å²) >= 11 is 5.95. The van der Waals surface area contributed by atoms with Gasteiger partial charge in [0.2, 0.25) is 0 Å². The monoisotopic (exact) mass is 377 g/mol. The van der Waals surface area contributed by atoms with Gasteiger partial charge in [-0.2, -0.15) is 0 Å². The van der Waals surface area contributed by atoms with Crippen molar-refractivity contribution in [3.8, 4) is 5.75 Å². The summed E-state index contributed by atoms with van der Waals surface area (Å²) in [6, 6.07) is 14.8. The summed E-state index contributed by atoms with van der Waals surface area (Å²) in [7, 11) is 1.33. The molecule has 0 amide bonds. The van der Waals surface area contributed by atoms with Crippen molar-refractivity contribution < 1.29 is 19.4 Å². The second kappa shape index (κ2) is 10.2. The smallest absolute Gasteiger partial charge is 0.343 e. The predicted octanol–water partition coefficient (Wildman–Crippen LogP) is 3.32. The zero-order valence-electron chi connectivity index (χ0n) is 14.9. The van der Waals surface area contributed by atoms with Gasteiger partial charge in [-0.25, -0.2) is 4.79 Å². The molecule has 2 rings (SSSR count). The van der Waals surface area contributed by atoms with Crippen molar-refractivity contribution in [2.45, 2.75) is 18.9 Å². The fraction of sp³-hybridized carbons (Fsp3) is 0.350. The Labute approximate surface area is 158 Å². The Morgan fingerprint density at radius 2 is 1.88 bits per heavy atom. The van der Waals surface area contributed by atoms with Crippen molar-refractivity contribution in [1.29, 1.82) is 0 Å². The molecular formula is C20H24ClNO4. The summed E-state index contributed by atoms with van der Waals surface area (Å²) in [5, 5.41) is 14.1. The second-order valence-corrected chi connectivity index (χ2v) is 6.50. The molecule has 0 aromatic heterocycles. The molecule has 0 radical (unpaired) electrons. The third kappa shape index (κ3) is 6.33. The lowest BCUT2D eigenvalue weighted by atomic mass is 10.0. The number of methoxy groups -OCH3 is 1. The van der Waals surface area contributed by atoms with Crippen molar-refractivity contribution in [3.05, 3.63) is 64.7 Å². The molecule has 0 fully saturated rings. The molecule has 5 nitrogen and oxygen atoms in total. The molecule has 0 bridgehead atoms. The molecule has 2 N–H and O–H groups in total. The van der Waals surface area contributed by atoms with Crippen LogP contribution in [0.2, 0.25) is 5.02 Å². The van der Waals surface area contributed by atoms with Crippen LogP contribution in [-0.2, 0) is 9.53 Å². The van der Waals surface area contributed by atoms with Crippen molar-refractivity contribution in [2.75, 3.05) is 26.8 Å². The number of ether oxygens (including phenoxy) is 2. The highest BCUT2D eigenvalue weighted by molar-refractivity contribution is 6.30. The van der Waals surface area contributed by atoms with Crippen LogP contribution in [0, 0.1) is 0 Å². The Hall–Kier alpha value is -2.08. The zero-order valence-corrected chi connectivity index (χ0v) is 15.7. The van der Waals surface area contributed by atoms with Gasteiger partial charge in [0.15, 0.2) is 6.61 Å². The molecule has 0 aliphatic heterocycles. The average molecular weight is 378 g/mol. The van der Waals surface area contributed by atoms with Gasteiger partial charge in [-0.3, -0.25) is 0 Å². The van der Waals surface area contributed by atoms with E-state index in [1.54, 1.807) is 12.1 Å². The van der Waals surface area contributed by atoms with Gasteiger partial charge >= 0.3 is 5.97 Å². The maximum absolute atomic E-state index is 11.1. The summed E-state index contributed by atoms with van der Waals surface area (Å²) in [5.74, 6) is 0.469. The molecule has 6 heteroatoms. The van der Waals surface area contributed by atoms with Gasteiger partial charge in [-0.15, -0.1) is 0 Å². The van der Waals surface area contributed by atoms with Crippen LogP contribution in [0.15, 0.2) is 48.5 Å². The number of aliphatic hydroxyl groups excluding tert-OH is 1. The minimum Gasteiger partial charge on any atom is -0.482 e. The van der Waals surface area contributed by atoms with Gasteiger partial charge in [0.05, 0.1) is 13.2 Å². The third-order valence-electron chi connectivity index (χ3n) is 4.06. The number of carbonyl (C=O) groups excluding carboxylic acids is 1. The number of carbonyl (C=O) groups is 1. The van der Waals surface area contributed by atoms with E-state index in [1.165, 1.54) is 7.11 Å². The molecule has 0 heterocycles. The van der Waals surface area contributed by atoms with Crippen LogP contribution in [-0.4, -0.2) is 37.9 Å². The number of hydrogen-bond donors (Lipinski definition) is 2. The molecule has 26 heavy (non-hydrogen) atoms. The van der Waals surface area contributed by atoms with Crippen LogP contribution < -0.4 is 10.1 Å². The quantitative estimate of drug-likeness (QED) is 0.656. The molecule has 140 valence electrons. The number of hydrogen-bond acceptors (Lipinski definition) is 5. The van der Waals surface area contributed by atoms with E-state index in [0.29, 0.717) is 17.3 Å². The predicted molar refractivity (Wildman–Crippen MR) is 102 cm³/mol. The molecule has 0 saturated carbocycles.